The van der Waals surface area contributed by atoms with E-state index in [1.807, 2.05) is 54.6 Å². The normalized spacial score (nSPS) is 10.5. The van der Waals surface area contributed by atoms with Crippen molar-refractivity contribution in [2.45, 2.75) is 6.61 Å². The van der Waals surface area contributed by atoms with Crippen molar-refractivity contribution in [1.82, 2.24) is 0 Å². The second-order valence-corrected chi connectivity index (χ2v) is 5.84. The van der Waals surface area contributed by atoms with Crippen LogP contribution < -0.4 is 4.74 Å². The Kier molecular flexibility index (Phi) is 4.54. The van der Waals surface area contributed by atoms with Crippen molar-refractivity contribution in [2.24, 2.45) is 0 Å². The lowest BCUT2D eigenvalue weighted by Crippen LogP contribution is -1.96. The quantitative estimate of drug-likeness (QED) is 0.570. The Morgan fingerprint density at radius 1 is 0.864 bits per heavy atom. The summed E-state index contributed by atoms with van der Waals surface area (Å²) >= 11 is 3.38. The molecule has 0 aliphatic carbocycles. The van der Waals surface area contributed by atoms with E-state index in [1.165, 1.54) is 6.07 Å². The van der Waals surface area contributed by atoms with Gasteiger partial charge in [0.15, 0.2) is 0 Å². The molecule has 0 saturated carbocycles. The number of rotatable bonds is 4. The van der Waals surface area contributed by atoms with Crippen molar-refractivity contribution >= 4 is 15.9 Å². The van der Waals surface area contributed by atoms with Crippen LogP contribution in [-0.4, -0.2) is 0 Å². The lowest BCUT2D eigenvalue weighted by Gasteiger charge is -2.09. The number of ether oxygens (including phenoxy) is 1. The van der Waals surface area contributed by atoms with Crippen molar-refractivity contribution in [3.63, 3.8) is 0 Å². The van der Waals surface area contributed by atoms with E-state index in [2.05, 4.69) is 15.9 Å². The van der Waals surface area contributed by atoms with Crippen LogP contribution in [-0.2, 0) is 6.61 Å². The molecule has 110 valence electrons. The maximum absolute atomic E-state index is 14.3. The Bertz CT molecular complexity index is 754. The molecule has 0 spiro atoms. The average molecular weight is 357 g/mol. The maximum Gasteiger partial charge on any atom is 0.134 e. The Morgan fingerprint density at radius 2 is 1.59 bits per heavy atom. The van der Waals surface area contributed by atoms with Gasteiger partial charge in [-0.3, -0.25) is 0 Å². The minimum absolute atomic E-state index is 0.284. The summed E-state index contributed by atoms with van der Waals surface area (Å²) in [5, 5.41) is 0. The van der Waals surface area contributed by atoms with E-state index in [4.69, 9.17) is 4.74 Å². The molecule has 0 fully saturated rings. The molecule has 0 aliphatic rings. The molecule has 0 saturated heterocycles. The van der Waals surface area contributed by atoms with E-state index in [1.54, 1.807) is 12.1 Å². The maximum atomic E-state index is 14.3. The lowest BCUT2D eigenvalue weighted by molar-refractivity contribution is 0.304. The molecule has 22 heavy (non-hydrogen) atoms. The van der Waals surface area contributed by atoms with Crippen LogP contribution in [0, 0.1) is 5.82 Å². The van der Waals surface area contributed by atoms with Gasteiger partial charge in [0.05, 0.1) is 0 Å². The monoisotopic (exact) mass is 356 g/mol. The van der Waals surface area contributed by atoms with Crippen molar-refractivity contribution in [1.29, 1.82) is 0 Å². The fraction of sp³-hybridized carbons (Fsp3) is 0.0526. The first kappa shape index (κ1) is 14.8. The van der Waals surface area contributed by atoms with E-state index in [0.717, 1.165) is 15.6 Å². The van der Waals surface area contributed by atoms with E-state index in [-0.39, 0.29) is 5.82 Å². The SMILES string of the molecule is Fc1cc(OCc2ccccc2)ccc1-c1ccc(Br)cc1. The van der Waals surface area contributed by atoms with Crippen LogP contribution >= 0.6 is 15.9 Å². The van der Waals surface area contributed by atoms with E-state index in [0.29, 0.717) is 17.9 Å². The van der Waals surface area contributed by atoms with Gasteiger partial charge in [-0.1, -0.05) is 58.4 Å². The molecule has 0 heterocycles. The highest BCUT2D eigenvalue weighted by atomic mass is 79.9. The molecule has 3 heteroatoms. The lowest BCUT2D eigenvalue weighted by atomic mass is 10.1. The molecule has 0 radical (unpaired) electrons. The Labute approximate surface area is 137 Å². The molecular formula is C19H14BrFO. The predicted octanol–water partition coefficient (Wildman–Crippen LogP) is 5.83. The smallest absolute Gasteiger partial charge is 0.134 e. The molecule has 0 N–H and O–H groups in total. The van der Waals surface area contributed by atoms with Crippen molar-refractivity contribution in [3.8, 4) is 16.9 Å². The van der Waals surface area contributed by atoms with Crippen LogP contribution in [0.25, 0.3) is 11.1 Å². The van der Waals surface area contributed by atoms with E-state index < -0.39 is 0 Å². The predicted molar refractivity (Wildman–Crippen MR) is 90.3 cm³/mol. The fourth-order valence-corrected chi connectivity index (χ4v) is 2.45. The molecule has 3 rings (SSSR count). The first-order valence-corrected chi connectivity index (χ1v) is 7.74. The molecule has 0 unspecified atom stereocenters. The third-order valence-corrected chi connectivity index (χ3v) is 3.87. The highest BCUT2D eigenvalue weighted by molar-refractivity contribution is 9.10. The van der Waals surface area contributed by atoms with Gasteiger partial charge >= 0.3 is 0 Å². The summed E-state index contributed by atoms with van der Waals surface area (Å²) in [6.07, 6.45) is 0. The van der Waals surface area contributed by atoms with Gasteiger partial charge in [0.25, 0.3) is 0 Å². The zero-order chi connectivity index (χ0) is 15.4. The molecule has 0 aromatic heterocycles. The average Bonchev–Trinajstić information content (AvgIpc) is 2.55. The topological polar surface area (TPSA) is 9.23 Å². The highest BCUT2D eigenvalue weighted by Gasteiger charge is 2.07. The minimum atomic E-state index is -0.284. The van der Waals surface area contributed by atoms with Gasteiger partial charge in [0.1, 0.15) is 18.2 Å². The van der Waals surface area contributed by atoms with E-state index >= 15 is 0 Å². The Hall–Kier alpha value is -2.13. The Morgan fingerprint density at radius 3 is 2.27 bits per heavy atom. The second-order valence-electron chi connectivity index (χ2n) is 4.92. The summed E-state index contributed by atoms with van der Waals surface area (Å²) in [5.74, 6) is 0.245. The summed E-state index contributed by atoms with van der Waals surface area (Å²) in [5.41, 5.74) is 2.47. The zero-order valence-electron chi connectivity index (χ0n) is 11.8. The third-order valence-electron chi connectivity index (χ3n) is 3.34. The molecule has 1 nitrogen and oxygen atoms in total. The van der Waals surface area contributed by atoms with Gasteiger partial charge in [0, 0.05) is 16.1 Å². The molecular weight excluding hydrogens is 343 g/mol. The first-order chi connectivity index (χ1) is 10.7. The number of benzene rings is 3. The molecule has 3 aromatic carbocycles. The summed E-state index contributed by atoms with van der Waals surface area (Å²) < 4.78 is 20.9. The van der Waals surface area contributed by atoms with Gasteiger partial charge in [-0.15, -0.1) is 0 Å². The first-order valence-electron chi connectivity index (χ1n) is 6.94. The van der Waals surface area contributed by atoms with Gasteiger partial charge in [-0.05, 0) is 35.4 Å². The Balaban J connectivity index is 1.76. The zero-order valence-corrected chi connectivity index (χ0v) is 13.4. The largest absolute Gasteiger partial charge is 0.489 e. The highest BCUT2D eigenvalue weighted by Crippen LogP contribution is 2.27. The van der Waals surface area contributed by atoms with Crippen LogP contribution in [0.3, 0.4) is 0 Å². The van der Waals surface area contributed by atoms with Gasteiger partial charge in [-0.2, -0.15) is 0 Å². The third kappa shape index (κ3) is 3.55. The molecule has 0 aliphatic heterocycles. The summed E-state index contributed by atoms with van der Waals surface area (Å²) in [6, 6.07) is 22.4. The molecule has 0 atom stereocenters. The summed E-state index contributed by atoms with van der Waals surface area (Å²) in [4.78, 5) is 0. The van der Waals surface area contributed by atoms with Crippen LogP contribution in [0.1, 0.15) is 5.56 Å². The number of halogens is 2. The van der Waals surface area contributed by atoms with Crippen LogP contribution in [0.5, 0.6) is 5.75 Å². The minimum Gasteiger partial charge on any atom is -0.489 e. The molecule has 3 aromatic rings. The summed E-state index contributed by atoms with van der Waals surface area (Å²) in [7, 11) is 0. The van der Waals surface area contributed by atoms with Gasteiger partial charge in [0.2, 0.25) is 0 Å². The number of hydrogen-bond donors (Lipinski definition) is 0. The fourth-order valence-electron chi connectivity index (χ4n) is 2.19. The van der Waals surface area contributed by atoms with Crippen molar-refractivity contribution in [3.05, 3.63) is 88.6 Å². The summed E-state index contributed by atoms with van der Waals surface area (Å²) in [6.45, 7) is 0.428. The number of hydrogen-bond acceptors (Lipinski definition) is 1. The van der Waals surface area contributed by atoms with Crippen LogP contribution in [0.2, 0.25) is 0 Å². The van der Waals surface area contributed by atoms with Crippen LogP contribution in [0.15, 0.2) is 77.3 Å². The van der Waals surface area contributed by atoms with Crippen LogP contribution in [0.4, 0.5) is 4.39 Å². The molecule has 0 bridgehead atoms. The molecule has 0 amide bonds. The van der Waals surface area contributed by atoms with Crippen molar-refractivity contribution < 1.29 is 9.13 Å². The second kappa shape index (κ2) is 6.75. The van der Waals surface area contributed by atoms with Gasteiger partial charge < -0.3 is 4.74 Å². The van der Waals surface area contributed by atoms with Gasteiger partial charge in [-0.25, -0.2) is 4.39 Å². The standard InChI is InChI=1S/C19H14BrFO/c20-16-8-6-15(7-9-16)18-11-10-17(12-19(18)21)22-13-14-4-2-1-3-5-14/h1-12H,13H2. The van der Waals surface area contributed by atoms with Crippen molar-refractivity contribution in [2.75, 3.05) is 0 Å². The van der Waals surface area contributed by atoms with E-state index in [9.17, 15) is 4.39 Å².